The highest BCUT2D eigenvalue weighted by Gasteiger charge is 2.21. The van der Waals surface area contributed by atoms with E-state index in [9.17, 15) is 0 Å². The molecule has 31 heavy (non-hydrogen) atoms. The van der Waals surface area contributed by atoms with E-state index in [1.807, 2.05) is 37.4 Å². The number of benzene rings is 2. The summed E-state index contributed by atoms with van der Waals surface area (Å²) in [6.45, 7) is 4.77. The van der Waals surface area contributed by atoms with Gasteiger partial charge in [-0.05, 0) is 42.5 Å². The summed E-state index contributed by atoms with van der Waals surface area (Å²) in [6, 6.07) is 18.4. The first kappa shape index (κ1) is 23.1. The first-order valence-electron chi connectivity index (χ1n) is 11.1. The minimum absolute atomic E-state index is 0.342. The van der Waals surface area contributed by atoms with Gasteiger partial charge in [-0.1, -0.05) is 42.5 Å². The highest BCUT2D eigenvalue weighted by molar-refractivity contribution is 5.79. The van der Waals surface area contributed by atoms with Gasteiger partial charge in [0.2, 0.25) is 0 Å². The van der Waals surface area contributed by atoms with E-state index in [2.05, 4.69) is 39.5 Å². The fraction of sp³-hybridized carbons (Fsp3) is 0.480. The van der Waals surface area contributed by atoms with Crippen LogP contribution in [-0.2, 0) is 22.6 Å². The Balaban J connectivity index is 1.38. The summed E-state index contributed by atoms with van der Waals surface area (Å²) in [7, 11) is 3.57. The summed E-state index contributed by atoms with van der Waals surface area (Å²) < 4.78 is 16.9. The number of likely N-dealkylation sites (tertiary alicyclic amines) is 1. The molecule has 2 aromatic carbocycles. The van der Waals surface area contributed by atoms with E-state index < -0.39 is 0 Å². The predicted molar refractivity (Wildman–Crippen MR) is 124 cm³/mol. The highest BCUT2D eigenvalue weighted by Crippen LogP contribution is 2.16. The molecule has 1 fully saturated rings. The Hall–Kier alpha value is -2.57. The van der Waals surface area contributed by atoms with Gasteiger partial charge in [0.25, 0.3) is 0 Å². The summed E-state index contributed by atoms with van der Waals surface area (Å²) in [6.07, 6.45) is 3.35. The van der Waals surface area contributed by atoms with Crippen LogP contribution in [0, 0.1) is 0 Å². The summed E-state index contributed by atoms with van der Waals surface area (Å²) in [5.74, 6) is 1.83. The average Bonchev–Trinajstić information content (AvgIpc) is 2.83. The zero-order valence-corrected chi connectivity index (χ0v) is 18.8. The van der Waals surface area contributed by atoms with Crippen LogP contribution in [0.2, 0.25) is 0 Å². The van der Waals surface area contributed by atoms with Gasteiger partial charge in [0.15, 0.2) is 5.96 Å². The number of piperidine rings is 1. The lowest BCUT2D eigenvalue weighted by Gasteiger charge is -2.34. The molecule has 2 aromatic rings. The highest BCUT2D eigenvalue weighted by atomic mass is 16.5. The summed E-state index contributed by atoms with van der Waals surface area (Å²) >= 11 is 0. The van der Waals surface area contributed by atoms with Crippen molar-refractivity contribution < 1.29 is 14.2 Å². The van der Waals surface area contributed by atoms with E-state index in [0.717, 1.165) is 63.8 Å². The van der Waals surface area contributed by atoms with Crippen molar-refractivity contribution in [2.45, 2.75) is 38.5 Å². The van der Waals surface area contributed by atoms with Crippen LogP contribution in [0.4, 0.5) is 0 Å². The Morgan fingerprint density at radius 2 is 1.74 bits per heavy atom. The van der Waals surface area contributed by atoms with Gasteiger partial charge in [-0.25, -0.2) is 0 Å². The van der Waals surface area contributed by atoms with Gasteiger partial charge in [-0.2, -0.15) is 0 Å². The number of hydrogen-bond acceptors (Lipinski definition) is 4. The number of aliphatic imine (C=N–C) groups is 1. The molecule has 6 heteroatoms. The molecule has 0 unspecified atom stereocenters. The minimum Gasteiger partial charge on any atom is -0.489 e. The molecule has 1 N–H and O–H groups in total. The molecule has 3 rings (SSSR count). The summed E-state index contributed by atoms with van der Waals surface area (Å²) in [5.41, 5.74) is 2.37. The number of hydrogen-bond donors (Lipinski definition) is 1. The maximum atomic E-state index is 5.96. The molecule has 1 aliphatic rings. The molecule has 0 spiro atoms. The molecule has 168 valence electrons. The Bertz CT molecular complexity index is 772. The zero-order valence-electron chi connectivity index (χ0n) is 18.8. The standard InChI is InChI=1S/C25H35N3O3/c1-26-25(28-15-13-24(14-16-28)30-18-6-17-29-2)27-19-21-9-11-23(12-10-21)31-20-22-7-4-3-5-8-22/h3-5,7-12,24H,6,13-20H2,1-2H3,(H,26,27). The van der Waals surface area contributed by atoms with E-state index in [1.165, 1.54) is 11.1 Å². The van der Waals surface area contributed by atoms with E-state index in [4.69, 9.17) is 14.2 Å². The van der Waals surface area contributed by atoms with Crippen molar-refractivity contribution in [2.24, 2.45) is 4.99 Å². The second-order valence-corrected chi connectivity index (χ2v) is 7.72. The van der Waals surface area contributed by atoms with Crippen LogP contribution in [0.1, 0.15) is 30.4 Å². The van der Waals surface area contributed by atoms with Crippen LogP contribution in [0.15, 0.2) is 59.6 Å². The molecule has 0 bridgehead atoms. The van der Waals surface area contributed by atoms with E-state index in [0.29, 0.717) is 12.7 Å². The van der Waals surface area contributed by atoms with E-state index >= 15 is 0 Å². The van der Waals surface area contributed by atoms with Crippen LogP contribution < -0.4 is 10.1 Å². The van der Waals surface area contributed by atoms with Crippen LogP contribution in [-0.4, -0.2) is 57.4 Å². The predicted octanol–water partition coefficient (Wildman–Crippen LogP) is 3.86. The molecular weight excluding hydrogens is 390 g/mol. The fourth-order valence-corrected chi connectivity index (χ4v) is 3.65. The normalized spacial score (nSPS) is 15.2. The number of nitrogens with zero attached hydrogens (tertiary/aromatic N) is 2. The molecule has 1 aliphatic heterocycles. The lowest BCUT2D eigenvalue weighted by atomic mass is 10.1. The molecule has 0 aromatic heterocycles. The molecular formula is C25H35N3O3. The second-order valence-electron chi connectivity index (χ2n) is 7.72. The molecule has 1 heterocycles. The van der Waals surface area contributed by atoms with Gasteiger partial charge in [0, 0.05) is 47.0 Å². The van der Waals surface area contributed by atoms with Gasteiger partial charge < -0.3 is 24.4 Å². The Morgan fingerprint density at radius 1 is 1.00 bits per heavy atom. The van der Waals surface area contributed by atoms with Crippen molar-refractivity contribution in [1.82, 2.24) is 10.2 Å². The third kappa shape index (κ3) is 7.89. The summed E-state index contributed by atoms with van der Waals surface area (Å²) in [4.78, 5) is 6.78. The maximum absolute atomic E-state index is 5.96. The van der Waals surface area contributed by atoms with Crippen molar-refractivity contribution in [1.29, 1.82) is 0 Å². The van der Waals surface area contributed by atoms with E-state index in [1.54, 1.807) is 7.11 Å². The smallest absolute Gasteiger partial charge is 0.193 e. The molecule has 0 amide bonds. The first-order valence-corrected chi connectivity index (χ1v) is 11.1. The molecule has 0 atom stereocenters. The third-order valence-electron chi connectivity index (χ3n) is 5.42. The van der Waals surface area contributed by atoms with E-state index in [-0.39, 0.29) is 0 Å². The average molecular weight is 426 g/mol. The van der Waals surface area contributed by atoms with Gasteiger partial charge in [-0.3, -0.25) is 4.99 Å². The maximum Gasteiger partial charge on any atom is 0.193 e. The van der Waals surface area contributed by atoms with Crippen molar-refractivity contribution in [2.75, 3.05) is 40.5 Å². The van der Waals surface area contributed by atoms with Crippen molar-refractivity contribution >= 4 is 5.96 Å². The lowest BCUT2D eigenvalue weighted by molar-refractivity contribution is 0.00989. The largest absolute Gasteiger partial charge is 0.489 e. The number of methoxy groups -OCH3 is 1. The quantitative estimate of drug-likeness (QED) is 0.356. The second kappa shape index (κ2) is 13.0. The molecule has 0 aliphatic carbocycles. The SMILES string of the molecule is CN=C(NCc1ccc(OCc2ccccc2)cc1)N1CCC(OCCCOC)CC1. The van der Waals surface area contributed by atoms with Gasteiger partial charge >= 0.3 is 0 Å². The topological polar surface area (TPSA) is 55.3 Å². The minimum atomic E-state index is 0.342. The van der Waals surface area contributed by atoms with Gasteiger partial charge in [0.1, 0.15) is 12.4 Å². The third-order valence-corrected chi connectivity index (χ3v) is 5.42. The zero-order chi connectivity index (χ0) is 21.7. The number of ether oxygens (including phenoxy) is 3. The molecule has 0 radical (unpaired) electrons. The fourth-order valence-electron chi connectivity index (χ4n) is 3.65. The first-order chi connectivity index (χ1) is 15.3. The lowest BCUT2D eigenvalue weighted by Crippen LogP contribution is -2.46. The number of nitrogens with one attached hydrogen (secondary N) is 1. The number of guanidine groups is 1. The number of rotatable bonds is 10. The molecule has 0 saturated carbocycles. The summed E-state index contributed by atoms with van der Waals surface area (Å²) in [5, 5.41) is 3.49. The van der Waals surface area contributed by atoms with Crippen molar-refractivity contribution in [3.8, 4) is 5.75 Å². The van der Waals surface area contributed by atoms with Crippen molar-refractivity contribution in [3.05, 3.63) is 65.7 Å². The Kier molecular flexibility index (Phi) is 9.67. The monoisotopic (exact) mass is 425 g/mol. The Labute approximate surface area is 186 Å². The molecule has 1 saturated heterocycles. The van der Waals surface area contributed by atoms with Crippen molar-refractivity contribution in [3.63, 3.8) is 0 Å². The van der Waals surface area contributed by atoms with Gasteiger partial charge in [0.05, 0.1) is 6.10 Å². The van der Waals surface area contributed by atoms with Crippen LogP contribution in [0.3, 0.4) is 0 Å². The Morgan fingerprint density at radius 3 is 2.42 bits per heavy atom. The molecule has 6 nitrogen and oxygen atoms in total. The van der Waals surface area contributed by atoms with Crippen LogP contribution in [0.5, 0.6) is 5.75 Å². The van der Waals surface area contributed by atoms with Crippen LogP contribution >= 0.6 is 0 Å². The van der Waals surface area contributed by atoms with Crippen LogP contribution in [0.25, 0.3) is 0 Å². The van der Waals surface area contributed by atoms with Gasteiger partial charge in [-0.15, -0.1) is 0 Å².